The summed E-state index contributed by atoms with van der Waals surface area (Å²) in [5.74, 6) is -3.02. The van der Waals surface area contributed by atoms with Crippen LogP contribution in [-0.4, -0.2) is 23.8 Å². The predicted molar refractivity (Wildman–Crippen MR) is 162 cm³/mol. The molecule has 2 atom stereocenters. The summed E-state index contributed by atoms with van der Waals surface area (Å²) in [7, 11) is 0. The van der Waals surface area contributed by atoms with Gasteiger partial charge in [0.1, 0.15) is 0 Å². The molecule has 4 N–H and O–H groups in total. The highest BCUT2D eigenvalue weighted by molar-refractivity contribution is 5.98. The van der Waals surface area contributed by atoms with Gasteiger partial charge in [-0.3, -0.25) is 14.9 Å². The van der Waals surface area contributed by atoms with Crippen LogP contribution in [0.5, 0.6) is 0 Å². The van der Waals surface area contributed by atoms with E-state index in [1.807, 2.05) is 39.0 Å². The van der Waals surface area contributed by atoms with E-state index in [-0.39, 0.29) is 53.7 Å². The van der Waals surface area contributed by atoms with Gasteiger partial charge >= 0.3 is 0 Å². The number of nitrogens with two attached hydrogens (primary N) is 1. The molecule has 2 aromatic rings. The summed E-state index contributed by atoms with van der Waals surface area (Å²) in [4.78, 5) is 29.3. The van der Waals surface area contributed by atoms with Gasteiger partial charge in [0, 0.05) is 24.0 Å². The zero-order valence-electron chi connectivity index (χ0n) is 25.1. The van der Waals surface area contributed by atoms with Crippen LogP contribution < -0.4 is 16.4 Å². The van der Waals surface area contributed by atoms with Crippen molar-refractivity contribution in [3.05, 3.63) is 75.9 Å². The van der Waals surface area contributed by atoms with Gasteiger partial charge in [0.25, 0.3) is 11.8 Å². The lowest BCUT2D eigenvalue weighted by molar-refractivity contribution is -0.120. The van der Waals surface area contributed by atoms with Gasteiger partial charge in [0.2, 0.25) is 5.91 Å². The van der Waals surface area contributed by atoms with Gasteiger partial charge in [-0.1, -0.05) is 65.0 Å². The van der Waals surface area contributed by atoms with Crippen LogP contribution in [0.1, 0.15) is 111 Å². The predicted octanol–water partition coefficient (Wildman–Crippen LogP) is 6.96. The Hall–Kier alpha value is -3.55. The molecule has 0 spiro atoms. The van der Waals surface area contributed by atoms with Crippen molar-refractivity contribution in [2.24, 2.45) is 16.1 Å². The van der Waals surface area contributed by atoms with E-state index in [0.29, 0.717) is 24.0 Å². The third-order valence-corrected chi connectivity index (χ3v) is 7.26. The van der Waals surface area contributed by atoms with Crippen molar-refractivity contribution in [1.29, 1.82) is 0 Å². The number of alkyl halides is 2. The van der Waals surface area contributed by atoms with Crippen LogP contribution in [-0.2, 0) is 17.1 Å². The summed E-state index contributed by atoms with van der Waals surface area (Å²) >= 11 is 0. The normalized spacial score (nSPS) is 18.6. The first-order valence-electron chi connectivity index (χ1n) is 14.5. The Labute approximate surface area is 242 Å². The number of hydrogen-bond donors (Lipinski definition) is 3. The molecule has 1 heterocycles. The van der Waals surface area contributed by atoms with E-state index in [1.165, 1.54) is 12.1 Å². The topological polar surface area (TPSA) is 96.6 Å². The van der Waals surface area contributed by atoms with Crippen molar-refractivity contribution in [2.45, 2.75) is 98.1 Å². The Bertz CT molecular complexity index is 1310. The molecule has 0 saturated heterocycles. The van der Waals surface area contributed by atoms with Crippen molar-refractivity contribution in [3.63, 3.8) is 0 Å². The molecule has 0 radical (unpaired) electrons. The lowest BCUT2D eigenvalue weighted by Gasteiger charge is -2.28. The quantitative estimate of drug-likeness (QED) is 0.322. The van der Waals surface area contributed by atoms with E-state index >= 15 is 0 Å². The van der Waals surface area contributed by atoms with Crippen molar-refractivity contribution in [3.8, 4) is 0 Å². The fourth-order valence-corrected chi connectivity index (χ4v) is 5.31. The zero-order chi connectivity index (χ0) is 30.4. The number of fused-ring (bicyclic) bond motifs is 1. The molecular weight excluding hydrogens is 522 g/mol. The highest BCUT2D eigenvalue weighted by Crippen LogP contribution is 2.42. The first-order chi connectivity index (χ1) is 19.3. The van der Waals surface area contributed by atoms with Crippen LogP contribution in [0.15, 0.2) is 47.5 Å². The molecule has 2 amide bonds. The largest absolute Gasteiger partial charge is 0.370 e. The van der Waals surface area contributed by atoms with Crippen molar-refractivity contribution in [1.82, 2.24) is 10.6 Å². The first-order valence-corrected chi connectivity index (χ1v) is 14.5. The molecule has 0 saturated carbocycles. The molecule has 0 aromatic heterocycles. The number of aryl methyl sites for hydroxylation is 2. The van der Waals surface area contributed by atoms with Crippen LogP contribution >= 0.6 is 0 Å². The summed E-state index contributed by atoms with van der Waals surface area (Å²) in [6.07, 6.45) is 6.67. The summed E-state index contributed by atoms with van der Waals surface area (Å²) in [6, 6.07) is 10.3. The average molecular weight is 567 g/mol. The van der Waals surface area contributed by atoms with Gasteiger partial charge in [-0.2, -0.15) is 0 Å². The van der Waals surface area contributed by atoms with Crippen LogP contribution in [0, 0.1) is 12.3 Å². The van der Waals surface area contributed by atoms with E-state index in [4.69, 9.17) is 5.73 Å². The number of rotatable bonds is 8. The number of allylic oxidation sites excluding steroid dienone is 1. The highest BCUT2D eigenvalue weighted by Gasteiger charge is 2.39. The summed E-state index contributed by atoms with van der Waals surface area (Å²) in [5, 5.41) is 5.70. The Morgan fingerprint density at radius 1 is 1.22 bits per heavy atom. The molecule has 2 aliphatic rings. The molecule has 1 aliphatic heterocycles. The Kier molecular flexibility index (Phi) is 10.5. The summed E-state index contributed by atoms with van der Waals surface area (Å²) in [6.45, 7) is 12.4. The van der Waals surface area contributed by atoms with Gasteiger partial charge in [0.05, 0.1) is 12.1 Å². The van der Waals surface area contributed by atoms with Gasteiger partial charge < -0.3 is 11.1 Å². The number of carbonyl (C=O) groups excluding carboxylic acids is 2. The SMILES string of the molecule is CC.Cc1ccc(/C=C/CC[C@@H]2CC(=O)NC(N)=N2)cc1C(CC(C)(C)C)NC(=O)c1ccc2c(c1)CCC2(F)F. The number of benzene rings is 2. The lowest BCUT2D eigenvalue weighted by Crippen LogP contribution is -2.43. The van der Waals surface area contributed by atoms with Gasteiger partial charge in [0.15, 0.2) is 5.96 Å². The molecule has 4 rings (SSSR count). The van der Waals surface area contributed by atoms with E-state index in [1.54, 1.807) is 6.07 Å². The maximum Gasteiger partial charge on any atom is 0.273 e. The monoisotopic (exact) mass is 566 g/mol. The number of aliphatic imine (C=N–C) groups is 1. The molecule has 0 fully saturated rings. The smallest absolute Gasteiger partial charge is 0.273 e. The number of guanidine groups is 1. The third-order valence-electron chi connectivity index (χ3n) is 7.26. The third kappa shape index (κ3) is 8.72. The lowest BCUT2D eigenvalue weighted by atomic mass is 9.83. The first kappa shape index (κ1) is 32.0. The van der Waals surface area contributed by atoms with E-state index in [0.717, 1.165) is 29.5 Å². The fraction of sp³-hybridized carbons (Fsp3) is 0.485. The molecule has 1 unspecified atom stereocenters. The number of amides is 2. The van der Waals surface area contributed by atoms with Gasteiger partial charge in [-0.25, -0.2) is 13.8 Å². The standard InChI is InChI=1S/C31H38F2N4O2.C2H6/c1-19-9-10-20(7-5-6-8-23-17-27(38)37-29(34)35-23)15-24(19)26(18-30(2,3)4)36-28(39)22-11-12-25-21(16-22)13-14-31(25,32)33;1-2/h5,7,9-12,15-16,23,26H,6,8,13-14,17-18H2,1-4H3,(H,36,39)(H3,34,35,37,38);1-2H3/b7-5+;/t23-,26?;/m1./s1. The van der Waals surface area contributed by atoms with E-state index < -0.39 is 5.92 Å². The zero-order valence-corrected chi connectivity index (χ0v) is 25.1. The van der Waals surface area contributed by atoms with Crippen LogP contribution in [0.2, 0.25) is 0 Å². The molecule has 8 heteroatoms. The molecular formula is C33H44F2N4O2. The maximum atomic E-state index is 14.1. The Morgan fingerprint density at radius 2 is 1.95 bits per heavy atom. The second-order valence-corrected chi connectivity index (χ2v) is 11.9. The number of nitrogens with zero attached hydrogens (tertiary/aromatic N) is 1. The van der Waals surface area contributed by atoms with Crippen molar-refractivity contribution in [2.75, 3.05) is 0 Å². The molecule has 2 aromatic carbocycles. The van der Waals surface area contributed by atoms with Crippen LogP contribution in [0.4, 0.5) is 8.78 Å². The Morgan fingerprint density at radius 3 is 2.63 bits per heavy atom. The minimum absolute atomic E-state index is 0.0302. The molecule has 6 nitrogen and oxygen atoms in total. The van der Waals surface area contributed by atoms with Crippen molar-refractivity contribution < 1.29 is 18.4 Å². The van der Waals surface area contributed by atoms with Crippen LogP contribution in [0.3, 0.4) is 0 Å². The van der Waals surface area contributed by atoms with E-state index in [2.05, 4.69) is 48.5 Å². The molecule has 222 valence electrons. The van der Waals surface area contributed by atoms with E-state index in [9.17, 15) is 18.4 Å². The van der Waals surface area contributed by atoms with Crippen molar-refractivity contribution >= 4 is 23.8 Å². The number of halogens is 2. The Balaban J connectivity index is 0.00000226. The number of carbonyl (C=O) groups is 2. The summed E-state index contributed by atoms with van der Waals surface area (Å²) < 4.78 is 28.1. The number of hydrogen-bond acceptors (Lipinski definition) is 4. The highest BCUT2D eigenvalue weighted by atomic mass is 19.3. The molecule has 1 aliphatic carbocycles. The second-order valence-electron chi connectivity index (χ2n) is 11.9. The summed E-state index contributed by atoms with van der Waals surface area (Å²) in [5.41, 5.74) is 9.67. The van der Waals surface area contributed by atoms with Crippen LogP contribution in [0.25, 0.3) is 6.08 Å². The number of nitrogens with one attached hydrogen (secondary N) is 2. The fourth-order valence-electron chi connectivity index (χ4n) is 5.31. The minimum Gasteiger partial charge on any atom is -0.370 e. The van der Waals surface area contributed by atoms with Gasteiger partial charge in [-0.05, 0) is 78.5 Å². The molecule has 41 heavy (non-hydrogen) atoms. The van der Waals surface area contributed by atoms with Gasteiger partial charge in [-0.15, -0.1) is 0 Å². The maximum absolute atomic E-state index is 14.1. The minimum atomic E-state index is -2.82. The molecule has 0 bridgehead atoms. The average Bonchev–Trinajstić information content (AvgIpc) is 3.20. The second kappa shape index (κ2) is 13.4.